The average Bonchev–Trinajstić information content (AvgIpc) is 2.31. The molecule has 9 nitrogen and oxygen atoms in total. The third kappa shape index (κ3) is 5.70. The second-order valence-electron chi connectivity index (χ2n) is 3.90. The number of carboxylic acids is 3. The normalized spacial score (nSPS) is 13.2. The lowest BCUT2D eigenvalue weighted by Crippen LogP contribution is -2.51. The second kappa shape index (κ2) is 7.19. The fraction of sp³-hybridized carbons (Fsp3) is 0.600. The Morgan fingerprint density at radius 3 is 2.00 bits per heavy atom. The van der Waals surface area contributed by atoms with Crippen LogP contribution in [-0.2, 0) is 14.4 Å². The van der Waals surface area contributed by atoms with Crippen molar-refractivity contribution in [2.45, 2.75) is 31.8 Å². The topological polar surface area (TPSA) is 144 Å². The fourth-order valence-electron chi connectivity index (χ4n) is 1.12. The van der Waals surface area contributed by atoms with Gasteiger partial charge < -0.3 is 25.5 Å². The molecule has 0 rings (SSSR count). The largest absolute Gasteiger partial charge is 0.481 e. The zero-order chi connectivity index (χ0) is 15.2. The number of hydrogen-bond acceptors (Lipinski definition) is 4. The van der Waals surface area contributed by atoms with Gasteiger partial charge in [-0.25, -0.2) is 14.4 Å². The van der Waals surface area contributed by atoms with Gasteiger partial charge in [0.05, 0.1) is 0 Å². The number of nitrogens with zero attached hydrogens (tertiary/aromatic N) is 1. The second-order valence-corrected chi connectivity index (χ2v) is 3.90. The minimum atomic E-state index is -1.38. The van der Waals surface area contributed by atoms with Crippen LogP contribution in [0.25, 0.3) is 0 Å². The molecule has 0 aliphatic carbocycles. The van der Waals surface area contributed by atoms with Crippen LogP contribution in [-0.4, -0.2) is 63.3 Å². The average molecular weight is 276 g/mol. The summed E-state index contributed by atoms with van der Waals surface area (Å²) in [6.45, 7) is 1.26. The number of hydrogen-bond donors (Lipinski definition) is 4. The summed E-state index contributed by atoms with van der Waals surface area (Å²) in [4.78, 5) is 44.3. The Labute approximate surface area is 108 Å². The molecule has 19 heavy (non-hydrogen) atoms. The van der Waals surface area contributed by atoms with Crippen LogP contribution < -0.4 is 5.32 Å². The Hall–Kier alpha value is -2.32. The van der Waals surface area contributed by atoms with E-state index in [2.05, 4.69) is 5.32 Å². The molecule has 108 valence electrons. The molecular weight excluding hydrogens is 260 g/mol. The highest BCUT2D eigenvalue weighted by Crippen LogP contribution is 2.02. The van der Waals surface area contributed by atoms with Gasteiger partial charge in [-0.1, -0.05) is 0 Å². The van der Waals surface area contributed by atoms with Gasteiger partial charge in [-0.05, 0) is 13.3 Å². The molecule has 4 N–H and O–H groups in total. The summed E-state index contributed by atoms with van der Waals surface area (Å²) in [5.74, 6) is -3.81. The molecule has 0 aliphatic rings. The summed E-state index contributed by atoms with van der Waals surface area (Å²) < 4.78 is 0. The molecule has 9 heteroatoms. The Balaban J connectivity index is 4.58. The van der Waals surface area contributed by atoms with E-state index in [1.165, 1.54) is 14.0 Å². The fourth-order valence-corrected chi connectivity index (χ4v) is 1.12. The van der Waals surface area contributed by atoms with E-state index in [-0.39, 0.29) is 6.42 Å². The first-order valence-electron chi connectivity index (χ1n) is 5.37. The van der Waals surface area contributed by atoms with E-state index in [9.17, 15) is 19.2 Å². The zero-order valence-electron chi connectivity index (χ0n) is 10.5. The van der Waals surface area contributed by atoms with Crippen LogP contribution in [0.2, 0.25) is 0 Å². The van der Waals surface area contributed by atoms with Crippen molar-refractivity contribution in [2.75, 3.05) is 7.05 Å². The van der Waals surface area contributed by atoms with Crippen LogP contribution in [0.5, 0.6) is 0 Å². The Bertz CT molecular complexity index is 382. The summed E-state index contributed by atoms with van der Waals surface area (Å²) in [7, 11) is 1.20. The summed E-state index contributed by atoms with van der Waals surface area (Å²) in [5, 5.41) is 28.1. The number of rotatable bonds is 7. The molecule has 0 saturated heterocycles. The smallest absolute Gasteiger partial charge is 0.326 e. The summed E-state index contributed by atoms with van der Waals surface area (Å²) in [5.41, 5.74) is 0. The summed E-state index contributed by atoms with van der Waals surface area (Å²) >= 11 is 0. The maximum absolute atomic E-state index is 11.6. The van der Waals surface area contributed by atoms with Crippen LogP contribution in [0.4, 0.5) is 4.79 Å². The molecular formula is C10H16N2O7. The van der Waals surface area contributed by atoms with Gasteiger partial charge in [-0.3, -0.25) is 4.79 Å². The van der Waals surface area contributed by atoms with Crippen molar-refractivity contribution in [2.24, 2.45) is 0 Å². The maximum atomic E-state index is 11.6. The van der Waals surface area contributed by atoms with E-state index in [4.69, 9.17) is 15.3 Å². The predicted octanol–water partition coefficient (Wildman–Crippen LogP) is -0.581. The lowest BCUT2D eigenvalue weighted by molar-refractivity contribution is -0.141. The van der Waals surface area contributed by atoms with Crippen molar-refractivity contribution in [3.63, 3.8) is 0 Å². The first kappa shape index (κ1) is 16.7. The number of carbonyl (C=O) groups excluding carboxylic acids is 1. The van der Waals surface area contributed by atoms with Crippen LogP contribution in [0.15, 0.2) is 0 Å². The number of likely N-dealkylation sites (N-methyl/N-ethyl adjacent to an activating group) is 1. The van der Waals surface area contributed by atoms with Gasteiger partial charge in [0, 0.05) is 13.5 Å². The first-order chi connectivity index (χ1) is 8.66. The molecule has 2 amide bonds. The molecule has 0 aromatic carbocycles. The van der Waals surface area contributed by atoms with E-state index in [1.54, 1.807) is 0 Å². The van der Waals surface area contributed by atoms with Crippen molar-refractivity contribution < 1.29 is 34.5 Å². The van der Waals surface area contributed by atoms with E-state index in [1.807, 2.05) is 0 Å². The third-order valence-electron chi connectivity index (χ3n) is 2.50. The monoisotopic (exact) mass is 276 g/mol. The molecule has 0 bridgehead atoms. The molecule has 2 atom stereocenters. The highest BCUT2D eigenvalue weighted by atomic mass is 16.4. The summed E-state index contributed by atoms with van der Waals surface area (Å²) in [6, 6.07) is -3.41. The van der Waals surface area contributed by atoms with Gasteiger partial charge in [0.15, 0.2) is 0 Å². The number of nitrogens with one attached hydrogen (secondary N) is 1. The molecule has 0 aromatic rings. The van der Waals surface area contributed by atoms with E-state index >= 15 is 0 Å². The minimum absolute atomic E-state index is 0.286. The molecule has 0 aliphatic heterocycles. The van der Waals surface area contributed by atoms with Crippen molar-refractivity contribution in [3.05, 3.63) is 0 Å². The lowest BCUT2D eigenvalue weighted by Gasteiger charge is -2.24. The minimum Gasteiger partial charge on any atom is -0.481 e. The van der Waals surface area contributed by atoms with Gasteiger partial charge in [0.25, 0.3) is 0 Å². The zero-order valence-corrected chi connectivity index (χ0v) is 10.5. The van der Waals surface area contributed by atoms with Gasteiger partial charge in [0.2, 0.25) is 0 Å². The molecule has 0 fully saturated rings. The van der Waals surface area contributed by atoms with Crippen LogP contribution in [0.1, 0.15) is 19.8 Å². The number of amides is 2. The Morgan fingerprint density at radius 2 is 1.63 bits per heavy atom. The molecule has 0 radical (unpaired) electrons. The van der Waals surface area contributed by atoms with Crippen molar-refractivity contribution in [3.8, 4) is 0 Å². The van der Waals surface area contributed by atoms with Crippen molar-refractivity contribution in [1.29, 1.82) is 0 Å². The lowest BCUT2D eigenvalue weighted by atomic mass is 10.1. The third-order valence-corrected chi connectivity index (χ3v) is 2.50. The van der Waals surface area contributed by atoms with Gasteiger partial charge >= 0.3 is 23.9 Å². The quantitative estimate of drug-likeness (QED) is 0.486. The SMILES string of the molecule is C[C@@H](C(=O)O)N(C)C(=O)NC(CCC(=O)O)C(=O)O. The highest BCUT2D eigenvalue weighted by Gasteiger charge is 2.26. The van der Waals surface area contributed by atoms with Gasteiger partial charge in [-0.2, -0.15) is 0 Å². The van der Waals surface area contributed by atoms with Crippen molar-refractivity contribution >= 4 is 23.9 Å². The molecule has 0 saturated carbocycles. The first-order valence-corrected chi connectivity index (χ1v) is 5.37. The summed E-state index contributed by atoms with van der Waals surface area (Å²) in [6.07, 6.45) is -0.707. The van der Waals surface area contributed by atoms with Crippen LogP contribution in [0, 0.1) is 0 Å². The van der Waals surface area contributed by atoms with Crippen LogP contribution >= 0.6 is 0 Å². The number of carboxylic acid groups (broad SMARTS) is 3. The van der Waals surface area contributed by atoms with E-state index in [0.29, 0.717) is 0 Å². The number of aliphatic carboxylic acids is 3. The maximum Gasteiger partial charge on any atom is 0.326 e. The Morgan fingerprint density at radius 1 is 1.11 bits per heavy atom. The molecule has 0 spiro atoms. The molecule has 0 heterocycles. The standard InChI is InChI=1S/C10H16N2O7/c1-5(8(15)16)12(2)10(19)11-6(9(17)18)3-4-7(13)14/h5-6H,3-4H2,1-2H3,(H,11,19)(H,13,14)(H,15,16)(H,17,18)/t5-,6?/m0/s1. The molecule has 0 aromatic heterocycles. The molecule has 1 unspecified atom stereocenters. The predicted molar refractivity (Wildman–Crippen MR) is 61.7 cm³/mol. The van der Waals surface area contributed by atoms with Crippen LogP contribution in [0.3, 0.4) is 0 Å². The van der Waals surface area contributed by atoms with E-state index in [0.717, 1.165) is 4.90 Å². The van der Waals surface area contributed by atoms with Crippen molar-refractivity contribution in [1.82, 2.24) is 10.2 Å². The van der Waals surface area contributed by atoms with Gasteiger partial charge in [-0.15, -0.1) is 0 Å². The Kier molecular flexibility index (Phi) is 6.31. The van der Waals surface area contributed by atoms with Gasteiger partial charge in [0.1, 0.15) is 12.1 Å². The number of urea groups is 1. The number of carbonyl (C=O) groups is 4. The van der Waals surface area contributed by atoms with E-state index < -0.39 is 42.4 Å². The highest BCUT2D eigenvalue weighted by molar-refractivity contribution is 5.86.